The summed E-state index contributed by atoms with van der Waals surface area (Å²) in [6.07, 6.45) is 5.23. The molecule has 0 bridgehead atoms. The minimum absolute atomic E-state index is 0.0333. The van der Waals surface area contributed by atoms with Gasteiger partial charge in [-0.15, -0.1) is 0 Å². The number of thiazole rings is 1. The van der Waals surface area contributed by atoms with Crippen molar-refractivity contribution in [2.24, 2.45) is 0 Å². The molecule has 1 N–H and O–H groups in total. The molecule has 0 saturated carbocycles. The van der Waals surface area contributed by atoms with Crippen LogP contribution in [0.3, 0.4) is 0 Å². The van der Waals surface area contributed by atoms with Gasteiger partial charge in [0.15, 0.2) is 0 Å². The van der Waals surface area contributed by atoms with Crippen LogP contribution in [0.15, 0.2) is 47.3 Å². The van der Waals surface area contributed by atoms with Gasteiger partial charge >= 0.3 is 4.87 Å². The van der Waals surface area contributed by atoms with Crippen molar-refractivity contribution >= 4 is 33.1 Å². The highest BCUT2D eigenvalue weighted by Gasteiger charge is 2.12. The predicted molar refractivity (Wildman–Crippen MR) is 120 cm³/mol. The molecule has 4 rings (SSSR count). The molecule has 1 saturated heterocycles. The quantitative estimate of drug-likeness (QED) is 0.664. The normalized spacial score (nSPS) is 15.3. The van der Waals surface area contributed by atoms with E-state index < -0.39 is 0 Å². The molecular weight excluding hydrogens is 382 g/mol. The largest absolute Gasteiger partial charge is 0.322 e. The number of rotatable bonds is 5. The lowest BCUT2D eigenvalue weighted by Crippen LogP contribution is -2.24. The van der Waals surface area contributed by atoms with Crippen molar-refractivity contribution in [3.63, 3.8) is 0 Å². The van der Waals surface area contributed by atoms with Crippen molar-refractivity contribution in [2.75, 3.05) is 18.4 Å². The fraction of sp³-hybridized carbons (Fsp3) is 0.391. The Bertz CT molecular complexity index is 1040. The van der Waals surface area contributed by atoms with Gasteiger partial charge in [0.1, 0.15) is 0 Å². The first-order chi connectivity index (χ1) is 14.1. The molecular formula is C23H27N3O2S. The van der Waals surface area contributed by atoms with Gasteiger partial charge in [-0.25, -0.2) is 0 Å². The average molecular weight is 410 g/mol. The summed E-state index contributed by atoms with van der Waals surface area (Å²) in [7, 11) is 0. The molecule has 3 aromatic rings. The number of likely N-dealkylation sites (tertiary alicyclic amines) is 1. The van der Waals surface area contributed by atoms with E-state index in [9.17, 15) is 9.59 Å². The summed E-state index contributed by atoms with van der Waals surface area (Å²) in [5.41, 5.74) is 3.51. The third-order valence-corrected chi connectivity index (χ3v) is 6.51. The number of benzene rings is 2. The SMILES string of the molecule is CCn1c(=O)sc2cc(NC(=O)c3ccc(CN4CCCCCC4)cc3)ccc21. The summed E-state index contributed by atoms with van der Waals surface area (Å²) in [5.74, 6) is -0.132. The van der Waals surface area contributed by atoms with Crippen LogP contribution in [-0.2, 0) is 13.1 Å². The molecule has 1 amide bonds. The van der Waals surface area contributed by atoms with Crippen LogP contribution in [0.4, 0.5) is 5.69 Å². The van der Waals surface area contributed by atoms with Crippen LogP contribution in [0, 0.1) is 0 Å². The summed E-state index contributed by atoms with van der Waals surface area (Å²) >= 11 is 1.21. The highest BCUT2D eigenvalue weighted by Crippen LogP contribution is 2.22. The van der Waals surface area contributed by atoms with E-state index in [4.69, 9.17) is 0 Å². The van der Waals surface area contributed by atoms with E-state index in [-0.39, 0.29) is 10.8 Å². The number of aromatic nitrogens is 1. The summed E-state index contributed by atoms with van der Waals surface area (Å²) < 4.78 is 2.64. The number of nitrogens with zero attached hydrogens (tertiary/aromatic N) is 2. The van der Waals surface area contributed by atoms with Crippen LogP contribution in [0.1, 0.15) is 48.5 Å². The number of hydrogen-bond acceptors (Lipinski definition) is 4. The molecule has 1 aliphatic rings. The molecule has 2 aromatic carbocycles. The number of carbonyl (C=O) groups is 1. The Morgan fingerprint density at radius 3 is 2.45 bits per heavy atom. The van der Waals surface area contributed by atoms with Crippen LogP contribution in [0.2, 0.25) is 0 Å². The monoisotopic (exact) mass is 409 g/mol. The highest BCUT2D eigenvalue weighted by atomic mass is 32.1. The zero-order valence-electron chi connectivity index (χ0n) is 16.8. The van der Waals surface area contributed by atoms with Gasteiger partial charge in [0, 0.05) is 24.3 Å². The van der Waals surface area contributed by atoms with E-state index in [0.717, 1.165) is 29.9 Å². The Morgan fingerprint density at radius 2 is 1.76 bits per heavy atom. The minimum Gasteiger partial charge on any atom is -0.322 e. The molecule has 1 aliphatic heterocycles. The first kappa shape index (κ1) is 19.9. The van der Waals surface area contributed by atoms with E-state index in [0.29, 0.717) is 17.8 Å². The van der Waals surface area contributed by atoms with Crippen molar-refractivity contribution in [1.29, 1.82) is 0 Å². The molecule has 0 radical (unpaired) electrons. The Morgan fingerprint density at radius 1 is 1.03 bits per heavy atom. The summed E-state index contributed by atoms with van der Waals surface area (Å²) in [6, 6.07) is 13.5. The standard InChI is InChI=1S/C23H27N3O2S/c1-2-26-20-12-11-19(15-21(20)29-23(26)28)24-22(27)18-9-7-17(8-10-18)16-25-13-5-3-4-6-14-25/h7-12,15H,2-6,13-14,16H2,1H3,(H,24,27). The molecule has 1 aromatic heterocycles. The van der Waals surface area contributed by atoms with Crippen molar-refractivity contribution in [1.82, 2.24) is 9.47 Å². The lowest BCUT2D eigenvalue weighted by atomic mass is 10.1. The van der Waals surface area contributed by atoms with Crippen LogP contribution in [0.5, 0.6) is 0 Å². The molecule has 0 atom stereocenters. The van der Waals surface area contributed by atoms with E-state index >= 15 is 0 Å². The van der Waals surface area contributed by atoms with Gasteiger partial charge in [-0.1, -0.05) is 36.3 Å². The van der Waals surface area contributed by atoms with Crippen LogP contribution >= 0.6 is 11.3 Å². The number of aryl methyl sites for hydroxylation is 1. The maximum atomic E-state index is 12.6. The molecule has 0 aliphatic carbocycles. The Labute approximate surface area is 175 Å². The molecule has 0 unspecified atom stereocenters. The second-order valence-electron chi connectivity index (χ2n) is 7.64. The van der Waals surface area contributed by atoms with E-state index in [1.807, 2.05) is 37.3 Å². The van der Waals surface area contributed by atoms with Crippen LogP contribution in [0.25, 0.3) is 10.2 Å². The molecule has 29 heavy (non-hydrogen) atoms. The van der Waals surface area contributed by atoms with Crippen molar-refractivity contribution in [3.8, 4) is 0 Å². The molecule has 1 fully saturated rings. The second-order valence-corrected chi connectivity index (χ2v) is 8.63. The number of anilines is 1. The Balaban J connectivity index is 1.43. The molecule has 152 valence electrons. The zero-order chi connectivity index (χ0) is 20.2. The molecule has 6 heteroatoms. The maximum Gasteiger partial charge on any atom is 0.308 e. The number of hydrogen-bond donors (Lipinski definition) is 1. The van der Waals surface area contributed by atoms with Gasteiger partial charge in [-0.2, -0.15) is 0 Å². The van der Waals surface area contributed by atoms with Crippen molar-refractivity contribution in [2.45, 2.75) is 45.7 Å². The van der Waals surface area contributed by atoms with Crippen molar-refractivity contribution < 1.29 is 4.79 Å². The number of fused-ring (bicyclic) bond motifs is 1. The lowest BCUT2D eigenvalue weighted by molar-refractivity contribution is 0.102. The molecule has 2 heterocycles. The maximum absolute atomic E-state index is 12.6. The lowest BCUT2D eigenvalue weighted by Gasteiger charge is -2.19. The van der Waals surface area contributed by atoms with Crippen LogP contribution < -0.4 is 10.2 Å². The third kappa shape index (κ3) is 4.60. The Kier molecular flexibility index (Phi) is 6.11. The minimum atomic E-state index is -0.132. The summed E-state index contributed by atoms with van der Waals surface area (Å²) in [6.45, 7) is 5.88. The average Bonchev–Trinajstić information content (AvgIpc) is 2.87. The summed E-state index contributed by atoms with van der Waals surface area (Å²) in [4.78, 5) is 27.2. The zero-order valence-corrected chi connectivity index (χ0v) is 17.6. The van der Waals surface area contributed by atoms with Gasteiger partial charge < -0.3 is 5.32 Å². The fourth-order valence-corrected chi connectivity index (χ4v) is 4.96. The van der Waals surface area contributed by atoms with E-state index in [2.05, 4.69) is 22.3 Å². The van der Waals surface area contributed by atoms with E-state index in [1.54, 1.807) is 4.57 Å². The first-order valence-corrected chi connectivity index (χ1v) is 11.2. The second kappa shape index (κ2) is 8.93. The van der Waals surface area contributed by atoms with Gasteiger partial charge in [0.2, 0.25) is 0 Å². The smallest absolute Gasteiger partial charge is 0.308 e. The number of amides is 1. The number of carbonyl (C=O) groups excluding carboxylic acids is 1. The van der Waals surface area contributed by atoms with E-state index in [1.165, 1.54) is 42.6 Å². The van der Waals surface area contributed by atoms with Crippen molar-refractivity contribution in [3.05, 3.63) is 63.3 Å². The predicted octanol–water partition coefficient (Wildman–Crippen LogP) is 4.71. The summed E-state index contributed by atoms with van der Waals surface area (Å²) in [5, 5.41) is 2.95. The molecule has 0 spiro atoms. The third-order valence-electron chi connectivity index (χ3n) is 5.56. The molecule has 5 nitrogen and oxygen atoms in total. The first-order valence-electron chi connectivity index (χ1n) is 10.4. The van der Waals surface area contributed by atoms with Gasteiger partial charge in [-0.3, -0.25) is 19.1 Å². The van der Waals surface area contributed by atoms with Crippen LogP contribution in [-0.4, -0.2) is 28.5 Å². The highest BCUT2D eigenvalue weighted by molar-refractivity contribution is 7.16. The fourth-order valence-electron chi connectivity index (χ4n) is 3.96. The van der Waals surface area contributed by atoms with Gasteiger partial charge in [0.25, 0.3) is 5.91 Å². The number of nitrogens with one attached hydrogen (secondary N) is 1. The van der Waals surface area contributed by atoms with Gasteiger partial charge in [0.05, 0.1) is 10.2 Å². The van der Waals surface area contributed by atoms with Gasteiger partial charge in [-0.05, 0) is 68.8 Å². The topological polar surface area (TPSA) is 54.3 Å². The Hall–Kier alpha value is -2.44.